The van der Waals surface area contributed by atoms with Crippen molar-refractivity contribution in [3.8, 4) is 0 Å². The Kier molecular flexibility index (Phi) is 3.85. The van der Waals surface area contributed by atoms with Crippen molar-refractivity contribution >= 4 is 34.1 Å². The quantitative estimate of drug-likeness (QED) is 0.660. The zero-order chi connectivity index (χ0) is 23.8. The summed E-state index contributed by atoms with van der Waals surface area (Å²) in [4.78, 5) is 28.4. The van der Waals surface area contributed by atoms with Crippen LogP contribution in [0.25, 0.3) is 10.8 Å². The molecule has 2 aromatic carbocycles. The minimum absolute atomic E-state index is 0.0475. The third-order valence-electron chi connectivity index (χ3n) is 4.19. The minimum atomic E-state index is -3.20. The summed E-state index contributed by atoms with van der Waals surface area (Å²) in [6.07, 6.45) is 1.32. The minimum Gasteiger partial charge on any atom is -0.328 e. The maximum atomic E-state index is 13.5. The standard InChI is InChI=1S/C20H19ClFN3O2/c1-3-25(20(27)24-13-8-9-18(22)17(21)10-13)12(2)16-11-23-19(26)15-7-5-4-6-14(15)16/h4-12H,3H2,1-2H3,(H,23,26)(H,24,27)/i1D3,3D2. The molecule has 1 aromatic heterocycles. The van der Waals surface area contributed by atoms with Crippen molar-refractivity contribution in [2.75, 3.05) is 11.8 Å². The molecule has 0 bridgehead atoms. The summed E-state index contributed by atoms with van der Waals surface area (Å²) in [5, 5.41) is 2.84. The molecule has 0 saturated heterocycles. The van der Waals surface area contributed by atoms with Gasteiger partial charge in [-0.2, -0.15) is 0 Å². The third kappa shape index (κ3) is 3.80. The first-order valence-corrected chi connectivity index (χ1v) is 8.38. The number of rotatable bonds is 4. The van der Waals surface area contributed by atoms with Crippen LogP contribution in [0.5, 0.6) is 0 Å². The van der Waals surface area contributed by atoms with Crippen molar-refractivity contribution < 1.29 is 16.0 Å². The molecule has 140 valence electrons. The fraction of sp³-hybridized carbons (Fsp3) is 0.200. The van der Waals surface area contributed by atoms with E-state index >= 15 is 0 Å². The Morgan fingerprint density at radius 3 is 2.81 bits per heavy atom. The first-order valence-electron chi connectivity index (χ1n) is 10.5. The number of nitrogens with one attached hydrogen (secondary N) is 2. The number of hydrogen-bond acceptors (Lipinski definition) is 2. The van der Waals surface area contributed by atoms with Gasteiger partial charge in [-0.3, -0.25) is 4.79 Å². The van der Waals surface area contributed by atoms with Crippen LogP contribution in [0.1, 0.15) is 32.2 Å². The number of amides is 2. The van der Waals surface area contributed by atoms with E-state index in [9.17, 15) is 14.0 Å². The topological polar surface area (TPSA) is 65.2 Å². The second-order valence-corrected chi connectivity index (χ2v) is 6.24. The molecule has 3 aromatic rings. The van der Waals surface area contributed by atoms with Crippen LogP contribution in [0.2, 0.25) is 5.02 Å². The highest BCUT2D eigenvalue weighted by molar-refractivity contribution is 6.31. The predicted molar refractivity (Wildman–Crippen MR) is 106 cm³/mol. The lowest BCUT2D eigenvalue weighted by molar-refractivity contribution is 0.197. The van der Waals surface area contributed by atoms with Gasteiger partial charge in [0, 0.05) is 30.6 Å². The molecule has 27 heavy (non-hydrogen) atoms. The average Bonchev–Trinajstić information content (AvgIpc) is 2.70. The second kappa shape index (κ2) is 7.80. The van der Waals surface area contributed by atoms with Gasteiger partial charge in [-0.1, -0.05) is 29.8 Å². The van der Waals surface area contributed by atoms with E-state index in [2.05, 4.69) is 10.3 Å². The molecule has 0 radical (unpaired) electrons. The number of urea groups is 1. The fourth-order valence-electron chi connectivity index (χ4n) is 2.80. The number of H-pyrrole nitrogens is 1. The Morgan fingerprint density at radius 2 is 2.11 bits per heavy atom. The summed E-state index contributed by atoms with van der Waals surface area (Å²) in [5.74, 6) is -0.715. The number of hydrogen-bond donors (Lipinski definition) is 2. The summed E-state index contributed by atoms with van der Waals surface area (Å²) in [5.41, 5.74) is -0.000723. The van der Waals surface area contributed by atoms with Crippen LogP contribution in [0.4, 0.5) is 14.9 Å². The first kappa shape index (κ1) is 13.3. The summed E-state index contributed by atoms with van der Waals surface area (Å²) in [6.45, 7) is -4.85. The van der Waals surface area contributed by atoms with Crippen molar-refractivity contribution in [2.24, 2.45) is 0 Å². The van der Waals surface area contributed by atoms with Crippen LogP contribution in [0.15, 0.2) is 53.5 Å². The zero-order valence-corrected chi connectivity index (χ0v) is 15.0. The maximum absolute atomic E-state index is 13.5. The Morgan fingerprint density at radius 1 is 1.37 bits per heavy atom. The van der Waals surface area contributed by atoms with Gasteiger partial charge in [0.05, 0.1) is 11.1 Å². The number of aromatic nitrogens is 1. The van der Waals surface area contributed by atoms with Crippen molar-refractivity contribution in [1.82, 2.24) is 9.88 Å². The maximum Gasteiger partial charge on any atom is 0.322 e. The predicted octanol–water partition coefficient (Wildman–Crippen LogP) is 4.94. The van der Waals surface area contributed by atoms with E-state index in [1.54, 1.807) is 24.3 Å². The molecule has 1 heterocycles. The van der Waals surface area contributed by atoms with Gasteiger partial charge < -0.3 is 15.2 Å². The second-order valence-electron chi connectivity index (χ2n) is 5.84. The Labute approximate surface area is 167 Å². The van der Waals surface area contributed by atoms with Gasteiger partial charge in [-0.15, -0.1) is 0 Å². The van der Waals surface area contributed by atoms with Crippen molar-refractivity contribution in [3.63, 3.8) is 0 Å². The molecular weight excluding hydrogens is 369 g/mol. The van der Waals surface area contributed by atoms with Crippen molar-refractivity contribution in [2.45, 2.75) is 19.8 Å². The monoisotopic (exact) mass is 392 g/mol. The van der Waals surface area contributed by atoms with Gasteiger partial charge in [-0.05, 0) is 49.0 Å². The highest BCUT2D eigenvalue weighted by Crippen LogP contribution is 2.27. The summed E-state index contributed by atoms with van der Waals surface area (Å²) in [7, 11) is 0. The van der Waals surface area contributed by atoms with Crippen molar-refractivity contribution in [3.05, 3.63) is 75.4 Å². The summed E-state index contributed by atoms with van der Waals surface area (Å²) >= 11 is 5.74. The van der Waals surface area contributed by atoms with Crippen LogP contribution in [0, 0.1) is 5.82 Å². The molecule has 2 N–H and O–H groups in total. The molecular formula is C20H19ClFN3O2. The molecule has 0 fully saturated rings. The number of fused-ring (bicyclic) bond motifs is 1. The molecule has 2 amide bonds. The van der Waals surface area contributed by atoms with Crippen LogP contribution in [-0.2, 0) is 0 Å². The number of aromatic amines is 1. The zero-order valence-electron chi connectivity index (χ0n) is 19.2. The summed E-state index contributed by atoms with van der Waals surface area (Å²) < 4.78 is 52.9. The normalized spacial score (nSPS) is 15.7. The third-order valence-corrected chi connectivity index (χ3v) is 4.48. The van der Waals surface area contributed by atoms with Crippen LogP contribution < -0.4 is 10.9 Å². The number of halogens is 2. The van der Waals surface area contributed by atoms with Gasteiger partial charge in [0.25, 0.3) is 5.56 Å². The van der Waals surface area contributed by atoms with Gasteiger partial charge >= 0.3 is 6.03 Å². The molecule has 1 unspecified atom stereocenters. The van der Waals surface area contributed by atoms with E-state index in [1.807, 2.05) is 0 Å². The number of carbonyl (C=O) groups excluding carboxylic acids is 1. The SMILES string of the molecule is [2H]C([2H])([2H])C([2H])([2H])N(C(=O)Nc1ccc(F)c(Cl)c1)C(C)c1c[nH]c(=O)c2ccccc12. The largest absolute Gasteiger partial charge is 0.328 e. The highest BCUT2D eigenvalue weighted by atomic mass is 35.5. The molecule has 0 aliphatic carbocycles. The Balaban J connectivity index is 2.11. The van der Waals surface area contributed by atoms with Gasteiger partial charge in [0.1, 0.15) is 5.82 Å². The molecule has 3 rings (SSSR count). The molecule has 0 saturated carbocycles. The van der Waals surface area contributed by atoms with Crippen molar-refractivity contribution in [1.29, 1.82) is 0 Å². The van der Waals surface area contributed by atoms with Gasteiger partial charge in [0.15, 0.2) is 0 Å². The molecule has 5 nitrogen and oxygen atoms in total. The molecule has 7 heteroatoms. The lowest BCUT2D eigenvalue weighted by atomic mass is 10.0. The molecule has 0 aliphatic heterocycles. The Bertz CT molecular complexity index is 1230. The van der Waals surface area contributed by atoms with E-state index in [0.717, 1.165) is 12.1 Å². The number of anilines is 1. The Hall–Kier alpha value is -2.86. The number of benzene rings is 2. The number of nitrogens with zero attached hydrogens (tertiary/aromatic N) is 1. The summed E-state index contributed by atoms with van der Waals surface area (Å²) in [6, 6.07) is 7.64. The van der Waals surface area contributed by atoms with Crippen LogP contribution in [0.3, 0.4) is 0 Å². The molecule has 0 spiro atoms. The van der Waals surface area contributed by atoms with Gasteiger partial charge in [-0.25, -0.2) is 9.18 Å². The highest BCUT2D eigenvalue weighted by Gasteiger charge is 2.22. The van der Waals surface area contributed by atoms with E-state index in [-0.39, 0.29) is 16.3 Å². The van der Waals surface area contributed by atoms with Gasteiger partial charge in [0.2, 0.25) is 0 Å². The van der Waals surface area contributed by atoms with Crippen LogP contribution >= 0.6 is 11.6 Å². The average molecular weight is 393 g/mol. The number of carbonyl (C=O) groups is 1. The smallest absolute Gasteiger partial charge is 0.322 e. The molecule has 1 atom stereocenters. The number of pyridine rings is 1. The lowest BCUT2D eigenvalue weighted by Gasteiger charge is -2.29. The lowest BCUT2D eigenvalue weighted by Crippen LogP contribution is -2.37. The van der Waals surface area contributed by atoms with E-state index < -0.39 is 31.2 Å². The van der Waals surface area contributed by atoms with E-state index in [0.29, 0.717) is 21.2 Å². The van der Waals surface area contributed by atoms with Crippen LogP contribution in [-0.4, -0.2) is 22.4 Å². The molecule has 0 aliphatic rings. The first-order chi connectivity index (χ1) is 14.8. The van der Waals surface area contributed by atoms with E-state index in [1.165, 1.54) is 19.2 Å². The van der Waals surface area contributed by atoms with E-state index in [4.69, 9.17) is 18.5 Å². The fourth-order valence-corrected chi connectivity index (χ4v) is 2.98.